The third kappa shape index (κ3) is 5.56. The first-order valence-electron chi connectivity index (χ1n) is 7.47. The maximum absolute atomic E-state index is 11.6. The first-order valence-corrected chi connectivity index (χ1v) is 7.47. The molecule has 0 bridgehead atoms. The highest BCUT2D eigenvalue weighted by Gasteiger charge is 2.24. The Morgan fingerprint density at radius 1 is 1.12 bits per heavy atom. The molecule has 1 saturated carbocycles. The minimum atomic E-state index is 0.00944. The molecule has 0 heterocycles. The highest BCUT2D eigenvalue weighted by molar-refractivity contribution is 5.69. The van der Waals surface area contributed by atoms with Crippen molar-refractivity contribution in [2.75, 3.05) is 0 Å². The van der Waals surface area contributed by atoms with Gasteiger partial charge in [-0.1, -0.05) is 46.0 Å². The van der Waals surface area contributed by atoms with E-state index in [9.17, 15) is 4.79 Å². The molecule has 17 heavy (non-hydrogen) atoms. The first-order chi connectivity index (χ1) is 8.27. The third-order valence-corrected chi connectivity index (χ3v) is 3.74. The third-order valence-electron chi connectivity index (χ3n) is 3.74. The van der Waals surface area contributed by atoms with Crippen LogP contribution in [0.25, 0.3) is 0 Å². The molecule has 1 rings (SSSR count). The monoisotopic (exact) mass is 240 g/mol. The highest BCUT2D eigenvalue weighted by Crippen LogP contribution is 2.29. The molecular formula is C15H28O2. The summed E-state index contributed by atoms with van der Waals surface area (Å²) in [6.45, 7) is 4.21. The maximum Gasteiger partial charge on any atom is 0.306 e. The van der Waals surface area contributed by atoms with Crippen LogP contribution in [0.1, 0.15) is 78.1 Å². The van der Waals surface area contributed by atoms with Gasteiger partial charge in [0.05, 0.1) is 0 Å². The van der Waals surface area contributed by atoms with E-state index in [0.717, 1.165) is 19.3 Å². The summed E-state index contributed by atoms with van der Waals surface area (Å²) in [4.78, 5) is 11.6. The summed E-state index contributed by atoms with van der Waals surface area (Å²) in [6.07, 6.45) is 11.7. The zero-order valence-electron chi connectivity index (χ0n) is 11.5. The van der Waals surface area contributed by atoms with Gasteiger partial charge in [-0.15, -0.1) is 0 Å². The van der Waals surface area contributed by atoms with Crippen LogP contribution in [0.2, 0.25) is 0 Å². The Hall–Kier alpha value is -0.530. The quantitative estimate of drug-likeness (QED) is 0.506. The van der Waals surface area contributed by atoms with E-state index in [0.29, 0.717) is 12.3 Å². The average Bonchev–Trinajstić information content (AvgIpc) is 2.57. The molecule has 1 aliphatic carbocycles. The molecular weight excluding hydrogens is 212 g/mol. The van der Waals surface area contributed by atoms with Crippen molar-refractivity contribution in [2.24, 2.45) is 5.92 Å². The van der Waals surface area contributed by atoms with Crippen molar-refractivity contribution >= 4 is 5.97 Å². The predicted octanol–water partition coefficient (Wildman–Crippen LogP) is 4.47. The Bertz CT molecular complexity index is 205. The van der Waals surface area contributed by atoms with Crippen molar-refractivity contribution in [1.82, 2.24) is 0 Å². The van der Waals surface area contributed by atoms with Gasteiger partial charge in [-0.05, 0) is 31.6 Å². The minimum absolute atomic E-state index is 0.00944. The lowest BCUT2D eigenvalue weighted by Crippen LogP contribution is -2.26. The molecule has 2 nitrogen and oxygen atoms in total. The van der Waals surface area contributed by atoms with Gasteiger partial charge in [0.2, 0.25) is 0 Å². The molecule has 100 valence electrons. The van der Waals surface area contributed by atoms with Crippen LogP contribution < -0.4 is 0 Å². The molecule has 1 atom stereocenters. The molecule has 0 aromatic heterocycles. The second kappa shape index (κ2) is 8.54. The first kappa shape index (κ1) is 14.5. The molecule has 0 aromatic carbocycles. The summed E-state index contributed by atoms with van der Waals surface area (Å²) in [5.74, 6) is 0.633. The fourth-order valence-electron chi connectivity index (χ4n) is 2.79. The van der Waals surface area contributed by atoms with Gasteiger partial charge in [-0.2, -0.15) is 0 Å². The van der Waals surface area contributed by atoms with Crippen molar-refractivity contribution in [3.63, 3.8) is 0 Å². The molecule has 0 aliphatic heterocycles. The number of rotatable bonds is 6. The van der Waals surface area contributed by atoms with E-state index in [1.807, 2.05) is 6.92 Å². The van der Waals surface area contributed by atoms with Gasteiger partial charge in [-0.3, -0.25) is 4.79 Å². The van der Waals surface area contributed by atoms with Crippen LogP contribution in [-0.2, 0) is 9.53 Å². The van der Waals surface area contributed by atoms with E-state index in [1.165, 1.54) is 38.5 Å². The van der Waals surface area contributed by atoms with Gasteiger partial charge in [-0.25, -0.2) is 0 Å². The van der Waals surface area contributed by atoms with Gasteiger partial charge in [0.15, 0.2) is 0 Å². The Morgan fingerprint density at radius 2 is 1.76 bits per heavy atom. The van der Waals surface area contributed by atoms with Crippen molar-refractivity contribution in [1.29, 1.82) is 0 Å². The lowest BCUT2D eigenvalue weighted by molar-refractivity contribution is -0.152. The molecule has 1 aliphatic rings. The van der Waals surface area contributed by atoms with Crippen molar-refractivity contribution < 1.29 is 9.53 Å². The van der Waals surface area contributed by atoms with Gasteiger partial charge in [0.25, 0.3) is 0 Å². The second-order valence-corrected chi connectivity index (χ2v) is 5.32. The zero-order valence-corrected chi connectivity index (χ0v) is 11.5. The lowest BCUT2D eigenvalue weighted by atomic mass is 9.91. The SMILES string of the molecule is CCCC(=O)OC(CCC)C1CCCCCC1. The summed E-state index contributed by atoms with van der Waals surface area (Å²) in [6, 6.07) is 0. The van der Waals surface area contributed by atoms with Gasteiger partial charge >= 0.3 is 5.97 Å². The number of hydrogen-bond acceptors (Lipinski definition) is 2. The average molecular weight is 240 g/mol. The summed E-state index contributed by atoms with van der Waals surface area (Å²) >= 11 is 0. The molecule has 0 saturated heterocycles. The van der Waals surface area contributed by atoms with Gasteiger partial charge in [0, 0.05) is 6.42 Å². The Labute approximate surface area is 106 Å². The molecule has 0 N–H and O–H groups in total. The van der Waals surface area contributed by atoms with Crippen LogP contribution in [0.5, 0.6) is 0 Å². The molecule has 0 radical (unpaired) electrons. The van der Waals surface area contributed by atoms with E-state index in [4.69, 9.17) is 4.74 Å². The van der Waals surface area contributed by atoms with Crippen molar-refractivity contribution in [3.8, 4) is 0 Å². The van der Waals surface area contributed by atoms with Crippen molar-refractivity contribution in [3.05, 3.63) is 0 Å². The van der Waals surface area contributed by atoms with Gasteiger partial charge in [0.1, 0.15) is 6.10 Å². The van der Waals surface area contributed by atoms with Crippen LogP contribution in [0.3, 0.4) is 0 Å². The normalized spacial score (nSPS) is 19.6. The Balaban J connectivity index is 2.47. The predicted molar refractivity (Wildman–Crippen MR) is 70.9 cm³/mol. The van der Waals surface area contributed by atoms with E-state index in [2.05, 4.69) is 6.92 Å². The Morgan fingerprint density at radius 3 is 2.29 bits per heavy atom. The number of carbonyl (C=O) groups is 1. The summed E-state index contributed by atoms with van der Waals surface area (Å²) in [5, 5.41) is 0. The molecule has 2 heteroatoms. The maximum atomic E-state index is 11.6. The largest absolute Gasteiger partial charge is 0.462 e. The van der Waals surface area contributed by atoms with Crippen LogP contribution in [-0.4, -0.2) is 12.1 Å². The smallest absolute Gasteiger partial charge is 0.306 e. The molecule has 0 aromatic rings. The Kier molecular flexibility index (Phi) is 7.30. The van der Waals surface area contributed by atoms with E-state index in [-0.39, 0.29) is 12.1 Å². The number of esters is 1. The zero-order chi connectivity index (χ0) is 12.5. The van der Waals surface area contributed by atoms with Crippen LogP contribution in [0.4, 0.5) is 0 Å². The van der Waals surface area contributed by atoms with Gasteiger partial charge < -0.3 is 4.74 Å². The van der Waals surface area contributed by atoms with E-state index < -0.39 is 0 Å². The highest BCUT2D eigenvalue weighted by atomic mass is 16.5. The van der Waals surface area contributed by atoms with E-state index >= 15 is 0 Å². The lowest BCUT2D eigenvalue weighted by Gasteiger charge is -2.26. The van der Waals surface area contributed by atoms with E-state index in [1.54, 1.807) is 0 Å². The minimum Gasteiger partial charge on any atom is -0.462 e. The summed E-state index contributed by atoms with van der Waals surface area (Å²) < 4.78 is 5.69. The number of carbonyl (C=O) groups excluding carboxylic acids is 1. The van der Waals surface area contributed by atoms with Crippen LogP contribution in [0, 0.1) is 5.92 Å². The molecule has 0 spiro atoms. The summed E-state index contributed by atoms with van der Waals surface area (Å²) in [5.41, 5.74) is 0. The van der Waals surface area contributed by atoms with Crippen LogP contribution >= 0.6 is 0 Å². The topological polar surface area (TPSA) is 26.3 Å². The molecule has 0 amide bonds. The van der Waals surface area contributed by atoms with Crippen LogP contribution in [0.15, 0.2) is 0 Å². The number of ether oxygens (including phenoxy) is 1. The second-order valence-electron chi connectivity index (χ2n) is 5.32. The fourth-order valence-corrected chi connectivity index (χ4v) is 2.79. The molecule has 1 unspecified atom stereocenters. The molecule has 1 fully saturated rings. The fraction of sp³-hybridized carbons (Fsp3) is 0.933. The number of hydrogen-bond donors (Lipinski definition) is 0. The van der Waals surface area contributed by atoms with Crippen molar-refractivity contribution in [2.45, 2.75) is 84.2 Å². The standard InChI is InChI=1S/C15H28O2/c1-3-9-14(17-15(16)10-4-2)13-11-7-5-6-8-12-13/h13-14H,3-12H2,1-2H3. The summed E-state index contributed by atoms with van der Waals surface area (Å²) in [7, 11) is 0.